The van der Waals surface area contributed by atoms with Gasteiger partial charge in [0.1, 0.15) is 0 Å². The minimum Gasteiger partial charge on any atom is -0.374 e. The van der Waals surface area contributed by atoms with Crippen LogP contribution in [0, 0.1) is 5.92 Å². The summed E-state index contributed by atoms with van der Waals surface area (Å²) >= 11 is 0. The van der Waals surface area contributed by atoms with E-state index in [1.165, 1.54) is 30.3 Å². The molecule has 0 spiro atoms. The van der Waals surface area contributed by atoms with Crippen LogP contribution in [0.15, 0.2) is 83.1 Å². The molecular weight excluding hydrogens is 468 g/mol. The van der Waals surface area contributed by atoms with Gasteiger partial charge in [-0.3, -0.25) is 0 Å². The molecule has 3 rings (SSSR count). The molecule has 0 N–H and O–H groups in total. The molecule has 1 aliphatic rings. The summed E-state index contributed by atoms with van der Waals surface area (Å²) in [5, 5.41) is 0. The first kappa shape index (κ1) is 26.6. The maximum absolute atomic E-state index is 14.4. The van der Waals surface area contributed by atoms with Gasteiger partial charge in [0.15, 0.2) is 23.8 Å². The Morgan fingerprint density at radius 2 is 1.41 bits per heavy atom. The standard InChI is InChI=1S/C27H36O5S2/c1-4-7-8-11-16-22-21-27(25(5-2)26(6-3)32-22,33(28,29)23-17-12-9-13-18-23)34(30,31)24-19-14-10-15-20-24/h5,9-10,12-15,17-20,22,25-26H,2,4,6-8,11,16,21H2,1,3H3/t22-,25+,26+/m0/s1. The molecule has 0 bridgehead atoms. The van der Waals surface area contributed by atoms with Crippen LogP contribution in [0.3, 0.4) is 0 Å². The summed E-state index contributed by atoms with van der Waals surface area (Å²) in [6, 6.07) is 15.8. The number of sulfone groups is 2. The number of hydrogen-bond acceptors (Lipinski definition) is 5. The van der Waals surface area contributed by atoms with Crippen molar-refractivity contribution in [3.05, 3.63) is 73.3 Å². The molecule has 34 heavy (non-hydrogen) atoms. The highest BCUT2D eigenvalue weighted by atomic mass is 32.3. The normalized spacial score (nSPS) is 22.8. The average molecular weight is 505 g/mol. The van der Waals surface area contributed by atoms with Gasteiger partial charge in [-0.2, -0.15) is 0 Å². The second-order valence-electron chi connectivity index (χ2n) is 8.96. The molecule has 1 aliphatic heterocycles. The number of benzene rings is 2. The highest BCUT2D eigenvalue weighted by molar-refractivity contribution is 8.10. The monoisotopic (exact) mass is 504 g/mol. The quantitative estimate of drug-likeness (QED) is 0.278. The third-order valence-electron chi connectivity index (χ3n) is 6.84. The van der Waals surface area contributed by atoms with E-state index >= 15 is 0 Å². The zero-order valence-electron chi connectivity index (χ0n) is 20.1. The Bertz CT molecular complexity index is 1070. The minimum atomic E-state index is -4.34. The van der Waals surface area contributed by atoms with Crippen LogP contribution < -0.4 is 0 Å². The van der Waals surface area contributed by atoms with Crippen LogP contribution in [0.25, 0.3) is 0 Å². The molecule has 0 saturated carbocycles. The van der Waals surface area contributed by atoms with Gasteiger partial charge in [-0.05, 0) is 37.1 Å². The molecule has 0 aliphatic carbocycles. The van der Waals surface area contributed by atoms with Gasteiger partial charge in [0.05, 0.1) is 22.0 Å². The van der Waals surface area contributed by atoms with Gasteiger partial charge in [0, 0.05) is 12.3 Å². The Kier molecular flexibility index (Phi) is 8.77. The van der Waals surface area contributed by atoms with Crippen LogP contribution in [-0.2, 0) is 24.4 Å². The predicted octanol–water partition coefficient (Wildman–Crippen LogP) is 5.97. The Balaban J connectivity index is 2.26. The van der Waals surface area contributed by atoms with Crippen molar-refractivity contribution in [1.82, 2.24) is 0 Å². The Labute approximate surface area is 205 Å². The highest BCUT2D eigenvalue weighted by Gasteiger charge is 2.64. The van der Waals surface area contributed by atoms with Crippen molar-refractivity contribution in [2.24, 2.45) is 5.92 Å². The second kappa shape index (κ2) is 11.2. The largest absolute Gasteiger partial charge is 0.374 e. The lowest BCUT2D eigenvalue weighted by Gasteiger charge is -2.48. The third kappa shape index (κ3) is 4.75. The van der Waals surface area contributed by atoms with Gasteiger partial charge in [-0.1, -0.05) is 82.0 Å². The van der Waals surface area contributed by atoms with Gasteiger partial charge in [-0.25, -0.2) is 16.8 Å². The lowest BCUT2D eigenvalue weighted by Crippen LogP contribution is -2.61. The summed E-state index contributed by atoms with van der Waals surface area (Å²) in [6.45, 7) is 7.92. The lowest BCUT2D eigenvalue weighted by molar-refractivity contribution is -0.0802. The number of unbranched alkanes of at least 4 members (excludes halogenated alkanes) is 3. The molecule has 186 valence electrons. The maximum Gasteiger partial charge on any atom is 0.199 e. The van der Waals surface area contributed by atoms with E-state index in [1.54, 1.807) is 36.4 Å². The molecular formula is C27H36O5S2. The van der Waals surface area contributed by atoms with Crippen molar-refractivity contribution < 1.29 is 21.6 Å². The molecule has 5 nitrogen and oxygen atoms in total. The van der Waals surface area contributed by atoms with Gasteiger partial charge >= 0.3 is 0 Å². The first-order valence-electron chi connectivity index (χ1n) is 12.1. The van der Waals surface area contributed by atoms with E-state index < -0.39 is 41.9 Å². The lowest BCUT2D eigenvalue weighted by atomic mass is 9.87. The van der Waals surface area contributed by atoms with Crippen LogP contribution >= 0.6 is 0 Å². The molecule has 3 atom stereocenters. The van der Waals surface area contributed by atoms with Crippen molar-refractivity contribution in [2.75, 3.05) is 0 Å². The molecule has 7 heteroatoms. The summed E-state index contributed by atoms with van der Waals surface area (Å²) in [7, 11) is -8.68. The zero-order valence-corrected chi connectivity index (χ0v) is 21.7. The van der Waals surface area contributed by atoms with E-state index in [0.29, 0.717) is 12.8 Å². The molecule has 2 aromatic rings. The summed E-state index contributed by atoms with van der Waals surface area (Å²) in [5.41, 5.74) is 0. The van der Waals surface area contributed by atoms with E-state index in [-0.39, 0.29) is 16.2 Å². The van der Waals surface area contributed by atoms with E-state index in [2.05, 4.69) is 13.5 Å². The fraction of sp³-hybridized carbons (Fsp3) is 0.481. The molecule has 0 radical (unpaired) electrons. The summed E-state index contributed by atoms with van der Waals surface area (Å²) in [6.07, 6.45) is 5.43. The van der Waals surface area contributed by atoms with E-state index in [4.69, 9.17) is 4.74 Å². The van der Waals surface area contributed by atoms with Gasteiger partial charge in [-0.15, -0.1) is 6.58 Å². The molecule has 1 heterocycles. The zero-order chi connectivity index (χ0) is 24.8. The average Bonchev–Trinajstić information content (AvgIpc) is 2.86. The molecule has 0 aromatic heterocycles. The minimum absolute atomic E-state index is 0.00263. The highest BCUT2D eigenvalue weighted by Crippen LogP contribution is 2.51. The van der Waals surface area contributed by atoms with Crippen LogP contribution in [0.5, 0.6) is 0 Å². The number of hydrogen-bond donors (Lipinski definition) is 0. The maximum atomic E-state index is 14.4. The van der Waals surface area contributed by atoms with Crippen molar-refractivity contribution in [2.45, 2.75) is 84.9 Å². The van der Waals surface area contributed by atoms with E-state index in [1.807, 2.05) is 6.92 Å². The first-order chi connectivity index (χ1) is 16.3. The van der Waals surface area contributed by atoms with Gasteiger partial charge < -0.3 is 4.74 Å². The van der Waals surface area contributed by atoms with E-state index in [0.717, 1.165) is 25.7 Å². The second-order valence-corrected chi connectivity index (χ2v) is 13.6. The van der Waals surface area contributed by atoms with E-state index in [9.17, 15) is 16.8 Å². The van der Waals surface area contributed by atoms with Crippen LogP contribution in [0.4, 0.5) is 0 Å². The molecule has 1 fully saturated rings. The third-order valence-corrected chi connectivity index (χ3v) is 12.6. The van der Waals surface area contributed by atoms with Gasteiger partial charge in [0.2, 0.25) is 0 Å². The van der Waals surface area contributed by atoms with Crippen molar-refractivity contribution in [1.29, 1.82) is 0 Å². The topological polar surface area (TPSA) is 77.5 Å². The molecule has 0 unspecified atom stereocenters. The molecule has 0 amide bonds. The van der Waals surface area contributed by atoms with Crippen molar-refractivity contribution >= 4 is 19.7 Å². The Morgan fingerprint density at radius 3 is 1.85 bits per heavy atom. The Morgan fingerprint density at radius 1 is 0.882 bits per heavy atom. The SMILES string of the molecule is C=C[C@@H]1[C@@H](CC)O[C@@H](CCCCCC)CC1(S(=O)(=O)c1ccccc1)S(=O)(=O)c1ccccc1. The van der Waals surface area contributed by atoms with Crippen LogP contribution in [0.1, 0.15) is 58.8 Å². The van der Waals surface area contributed by atoms with Gasteiger partial charge in [0.25, 0.3) is 0 Å². The van der Waals surface area contributed by atoms with Crippen molar-refractivity contribution in [3.63, 3.8) is 0 Å². The summed E-state index contributed by atoms with van der Waals surface area (Å²) in [4.78, 5) is 0.00526. The fourth-order valence-electron chi connectivity index (χ4n) is 5.09. The number of ether oxygens (including phenoxy) is 1. The molecule has 1 saturated heterocycles. The van der Waals surface area contributed by atoms with Crippen molar-refractivity contribution in [3.8, 4) is 0 Å². The summed E-state index contributed by atoms with van der Waals surface area (Å²) in [5.74, 6) is -0.917. The van der Waals surface area contributed by atoms with Crippen LogP contribution in [0.2, 0.25) is 0 Å². The first-order valence-corrected chi connectivity index (χ1v) is 15.1. The fourth-order valence-corrected chi connectivity index (χ4v) is 10.7. The smallest absolute Gasteiger partial charge is 0.199 e. The predicted molar refractivity (Wildman–Crippen MR) is 136 cm³/mol. The Hall–Kier alpha value is -1.96. The number of rotatable bonds is 11. The molecule has 2 aromatic carbocycles. The summed E-state index contributed by atoms with van der Waals surface area (Å²) < 4.78 is 61.8. The van der Waals surface area contributed by atoms with Crippen LogP contribution in [-0.4, -0.2) is 33.1 Å².